The Balaban J connectivity index is 1.98. The van der Waals surface area contributed by atoms with Gasteiger partial charge in [0.05, 0.1) is 6.19 Å². The van der Waals surface area contributed by atoms with Crippen LogP contribution < -0.4 is 15.7 Å². The number of nitrogens with one attached hydrogen (secondary N) is 1. The van der Waals surface area contributed by atoms with E-state index in [1.807, 2.05) is 0 Å². The number of hydrogen-bond donors (Lipinski definition) is 1. The Hall–Kier alpha value is -0.990. The third kappa shape index (κ3) is 3.81. The first-order valence-corrected chi connectivity index (χ1v) is 11.6. The normalized spacial score (nSPS) is 21.8. The summed E-state index contributed by atoms with van der Waals surface area (Å²) in [4.78, 5) is 2.37. The fourth-order valence-electron chi connectivity index (χ4n) is 3.69. The zero-order valence-electron chi connectivity index (χ0n) is 14.6. The Morgan fingerprint density at radius 1 is 0.875 bits per heavy atom. The summed E-state index contributed by atoms with van der Waals surface area (Å²) in [5.74, 6) is 0. The molecule has 0 heterocycles. The lowest BCUT2D eigenvalue weighted by molar-refractivity contribution is 0.193. The summed E-state index contributed by atoms with van der Waals surface area (Å²) in [5, 5.41) is 6.50. The van der Waals surface area contributed by atoms with E-state index < -0.39 is 6.19 Å². The van der Waals surface area contributed by atoms with Crippen molar-refractivity contribution in [1.29, 1.82) is 0 Å². The summed E-state index contributed by atoms with van der Waals surface area (Å²) in [7, 11) is 4.39. The van der Waals surface area contributed by atoms with Crippen molar-refractivity contribution in [3.05, 3.63) is 60.7 Å². The lowest BCUT2D eigenvalue weighted by atomic mass is 9.90. The zero-order valence-corrected chi connectivity index (χ0v) is 16.3. The van der Waals surface area contributed by atoms with E-state index >= 15 is 0 Å². The van der Waals surface area contributed by atoms with Crippen LogP contribution in [0.2, 0.25) is 0 Å². The highest BCUT2D eigenvalue weighted by Crippen LogP contribution is 2.41. The van der Waals surface area contributed by atoms with Crippen LogP contribution >= 0.6 is 6.19 Å². The third-order valence-electron chi connectivity index (χ3n) is 4.98. The van der Waals surface area contributed by atoms with E-state index in [0.29, 0.717) is 12.1 Å². The quantitative estimate of drug-likeness (QED) is 0.824. The Morgan fingerprint density at radius 3 is 1.88 bits per heavy atom. The second-order valence-corrected chi connectivity index (χ2v) is 11.0. The molecule has 2 atom stereocenters. The molecule has 1 N–H and O–H groups in total. The molecule has 0 aliphatic heterocycles. The van der Waals surface area contributed by atoms with Crippen molar-refractivity contribution < 1.29 is 0 Å². The molecule has 128 valence electrons. The number of benzene rings is 2. The second-order valence-electron chi connectivity index (χ2n) is 6.83. The molecule has 4 heteroatoms. The summed E-state index contributed by atoms with van der Waals surface area (Å²) >= 11 is 6.34. The predicted molar refractivity (Wildman–Crippen MR) is 109 cm³/mol. The first-order valence-electron chi connectivity index (χ1n) is 8.77. The molecule has 2 aromatic rings. The van der Waals surface area contributed by atoms with Crippen molar-refractivity contribution in [2.24, 2.45) is 0 Å². The van der Waals surface area contributed by atoms with Gasteiger partial charge in [0, 0.05) is 22.7 Å². The van der Waals surface area contributed by atoms with Gasteiger partial charge in [0.15, 0.2) is 0 Å². The zero-order chi connectivity index (χ0) is 17.0. The smallest absolute Gasteiger partial charge is 0.0687 e. The van der Waals surface area contributed by atoms with Gasteiger partial charge >= 0.3 is 0 Å². The van der Waals surface area contributed by atoms with Crippen molar-refractivity contribution in [2.45, 2.75) is 37.8 Å². The van der Waals surface area contributed by atoms with Crippen LogP contribution in [-0.4, -0.2) is 31.1 Å². The van der Waals surface area contributed by atoms with Crippen LogP contribution in [0, 0.1) is 0 Å². The molecule has 1 fully saturated rings. The van der Waals surface area contributed by atoms with Crippen LogP contribution in [0.15, 0.2) is 60.7 Å². The number of rotatable bonds is 5. The van der Waals surface area contributed by atoms with Crippen LogP contribution in [-0.2, 0) is 11.8 Å². The van der Waals surface area contributed by atoms with E-state index in [2.05, 4.69) is 84.7 Å². The summed E-state index contributed by atoms with van der Waals surface area (Å²) in [6, 6.07) is 22.3. The van der Waals surface area contributed by atoms with Crippen molar-refractivity contribution in [3.8, 4) is 0 Å². The SMILES string of the molecule is CN(C)[C@@H]1CCCC[C@H]1NP(=S)(c1ccccc1)c1ccccc1. The van der Waals surface area contributed by atoms with Crippen LogP contribution in [0.25, 0.3) is 0 Å². The molecule has 24 heavy (non-hydrogen) atoms. The molecule has 2 nitrogen and oxygen atoms in total. The predicted octanol–water partition coefficient (Wildman–Crippen LogP) is 3.49. The van der Waals surface area contributed by atoms with E-state index in [0.717, 1.165) is 0 Å². The van der Waals surface area contributed by atoms with Crippen molar-refractivity contribution >= 4 is 28.6 Å². The maximum atomic E-state index is 6.34. The Kier molecular flexibility index (Phi) is 5.89. The highest BCUT2D eigenvalue weighted by atomic mass is 32.4. The number of nitrogens with zero attached hydrogens (tertiary/aromatic N) is 1. The van der Waals surface area contributed by atoms with Crippen LogP contribution in [0.5, 0.6) is 0 Å². The minimum Gasteiger partial charge on any atom is -0.305 e. The monoisotopic (exact) mass is 358 g/mol. The molecule has 0 spiro atoms. The molecule has 0 bridgehead atoms. The minimum absolute atomic E-state index is 0.458. The van der Waals surface area contributed by atoms with Gasteiger partial charge in [0.2, 0.25) is 0 Å². The highest BCUT2D eigenvalue weighted by Gasteiger charge is 2.32. The fourth-order valence-corrected chi connectivity index (χ4v) is 7.37. The average molecular weight is 358 g/mol. The van der Waals surface area contributed by atoms with Gasteiger partial charge in [-0.2, -0.15) is 0 Å². The molecule has 1 aliphatic carbocycles. The molecule has 1 aliphatic rings. The van der Waals surface area contributed by atoms with Gasteiger partial charge in [-0.3, -0.25) is 5.09 Å². The molecule has 1 saturated carbocycles. The van der Waals surface area contributed by atoms with Gasteiger partial charge in [-0.05, 0) is 26.9 Å². The Bertz CT molecular complexity index is 644. The van der Waals surface area contributed by atoms with Crippen LogP contribution in [0.3, 0.4) is 0 Å². The standard InChI is InChI=1S/C20H27N2PS/c1-22(2)20-16-10-9-15-19(20)21-23(24,17-11-5-3-6-12-17)18-13-7-4-8-14-18/h3-8,11-14,19-20H,9-10,15-16H2,1-2H3,(H,21,24)/t19-,20-/m1/s1. The first-order chi connectivity index (χ1) is 11.6. The lowest BCUT2D eigenvalue weighted by Gasteiger charge is -2.40. The Morgan fingerprint density at radius 2 is 1.38 bits per heavy atom. The molecule has 0 saturated heterocycles. The van der Waals surface area contributed by atoms with E-state index in [1.54, 1.807) is 0 Å². The van der Waals surface area contributed by atoms with Gasteiger partial charge in [0.1, 0.15) is 0 Å². The first kappa shape index (κ1) is 17.8. The van der Waals surface area contributed by atoms with Crippen molar-refractivity contribution in [2.75, 3.05) is 14.1 Å². The molecular formula is C20H27N2PS. The summed E-state index contributed by atoms with van der Waals surface area (Å²) < 4.78 is 0. The van der Waals surface area contributed by atoms with Crippen molar-refractivity contribution in [1.82, 2.24) is 9.99 Å². The molecule has 2 aromatic carbocycles. The summed E-state index contributed by atoms with van der Waals surface area (Å²) in [6.07, 6.45) is 3.06. The largest absolute Gasteiger partial charge is 0.305 e. The van der Waals surface area contributed by atoms with E-state index in [-0.39, 0.29) is 0 Å². The summed E-state index contributed by atoms with van der Waals surface area (Å²) in [6.45, 7) is 0. The molecular weight excluding hydrogens is 331 g/mol. The van der Waals surface area contributed by atoms with Crippen LogP contribution in [0.1, 0.15) is 25.7 Å². The molecule has 0 aromatic heterocycles. The van der Waals surface area contributed by atoms with E-state index in [9.17, 15) is 0 Å². The molecule has 0 radical (unpaired) electrons. The van der Waals surface area contributed by atoms with E-state index in [4.69, 9.17) is 11.8 Å². The van der Waals surface area contributed by atoms with Gasteiger partial charge in [-0.25, -0.2) is 0 Å². The lowest BCUT2D eigenvalue weighted by Crippen LogP contribution is -2.50. The Labute approximate surface area is 151 Å². The highest BCUT2D eigenvalue weighted by molar-refractivity contribution is 8.20. The van der Waals surface area contributed by atoms with Crippen LogP contribution in [0.4, 0.5) is 0 Å². The number of hydrogen-bond acceptors (Lipinski definition) is 2. The maximum Gasteiger partial charge on any atom is 0.0687 e. The van der Waals surface area contributed by atoms with E-state index in [1.165, 1.54) is 36.3 Å². The average Bonchev–Trinajstić information content (AvgIpc) is 2.63. The maximum absolute atomic E-state index is 6.34. The van der Waals surface area contributed by atoms with Gasteiger partial charge in [0.25, 0.3) is 0 Å². The fraction of sp³-hybridized carbons (Fsp3) is 0.400. The third-order valence-corrected chi connectivity index (χ3v) is 9.31. The second kappa shape index (κ2) is 7.93. The summed E-state index contributed by atoms with van der Waals surface area (Å²) in [5.41, 5.74) is 0. The molecule has 3 rings (SSSR count). The van der Waals surface area contributed by atoms with Gasteiger partial charge in [-0.15, -0.1) is 0 Å². The minimum atomic E-state index is -2.01. The van der Waals surface area contributed by atoms with Crippen molar-refractivity contribution in [3.63, 3.8) is 0 Å². The topological polar surface area (TPSA) is 15.3 Å². The molecule has 0 unspecified atom stereocenters. The molecule has 0 amide bonds. The van der Waals surface area contributed by atoms with Gasteiger partial charge in [-0.1, -0.05) is 85.3 Å². The van der Waals surface area contributed by atoms with Gasteiger partial charge < -0.3 is 4.90 Å². The number of likely N-dealkylation sites (N-methyl/N-ethyl adjacent to an activating group) is 1.